The highest BCUT2D eigenvalue weighted by Gasteiger charge is 2.20. The van der Waals surface area contributed by atoms with E-state index in [9.17, 15) is 0 Å². The van der Waals surface area contributed by atoms with Crippen molar-refractivity contribution >= 4 is 91.9 Å². The van der Waals surface area contributed by atoms with Gasteiger partial charge in [0.1, 0.15) is 0 Å². The maximum Gasteiger partial charge on any atom is 0.0640 e. The van der Waals surface area contributed by atoms with Gasteiger partial charge < -0.3 is 9.47 Å². The van der Waals surface area contributed by atoms with E-state index in [-0.39, 0.29) is 0 Å². The number of hydrogen-bond donors (Lipinski definition) is 0. The van der Waals surface area contributed by atoms with Gasteiger partial charge >= 0.3 is 0 Å². The predicted molar refractivity (Wildman–Crippen MR) is 254 cm³/mol. The second-order valence-corrected chi connectivity index (χ2v) is 16.4. The molecule has 59 heavy (non-hydrogen) atoms. The topological polar surface area (TPSA) is 8.17 Å². The van der Waals surface area contributed by atoms with Crippen LogP contribution in [0.1, 0.15) is 0 Å². The molecule has 0 bridgehead atoms. The molecule has 12 rings (SSSR count). The minimum Gasteiger partial charge on any atom is -0.309 e. The molecule has 0 saturated heterocycles. The summed E-state index contributed by atoms with van der Waals surface area (Å²) in [5, 5.41) is 10.2. The second kappa shape index (κ2) is 13.6. The third kappa shape index (κ3) is 5.55. The molecule has 276 valence electrons. The quantitative estimate of drug-likeness (QED) is 0.164. The molecule has 0 amide bonds. The van der Waals surface area contributed by atoms with E-state index in [4.69, 9.17) is 0 Å². The van der Waals surface area contributed by atoms with Crippen molar-refractivity contribution in [3.05, 3.63) is 218 Å². The number of hydrogen-bond acceptors (Lipinski definition) is 2. The number of para-hydroxylation sites is 2. The number of aromatic nitrogens is 1. The molecule has 0 saturated carbocycles. The minimum absolute atomic E-state index is 1.11. The average Bonchev–Trinajstić information content (AvgIpc) is 3.86. The number of nitrogens with zero attached hydrogens (tertiary/aromatic N) is 2. The van der Waals surface area contributed by atoms with E-state index in [1.165, 1.54) is 91.5 Å². The van der Waals surface area contributed by atoms with E-state index in [1.807, 2.05) is 11.3 Å². The Hall–Kier alpha value is -7.46. The fourth-order valence-electron chi connectivity index (χ4n) is 9.11. The molecular formula is C56H36N2S. The number of thiophene rings is 1. The highest BCUT2D eigenvalue weighted by atomic mass is 32.1. The maximum absolute atomic E-state index is 2.43. The molecule has 0 fully saturated rings. The zero-order valence-electron chi connectivity index (χ0n) is 32.1. The van der Waals surface area contributed by atoms with Crippen molar-refractivity contribution in [1.82, 2.24) is 4.57 Å². The Morgan fingerprint density at radius 1 is 0.322 bits per heavy atom. The monoisotopic (exact) mass is 768 g/mol. The first-order valence-electron chi connectivity index (χ1n) is 20.2. The van der Waals surface area contributed by atoms with Crippen LogP contribution in [0.3, 0.4) is 0 Å². The minimum atomic E-state index is 1.11. The Morgan fingerprint density at radius 3 is 1.56 bits per heavy atom. The molecule has 12 aromatic rings. The van der Waals surface area contributed by atoms with Crippen molar-refractivity contribution in [2.75, 3.05) is 4.90 Å². The first-order valence-corrected chi connectivity index (χ1v) is 21.0. The van der Waals surface area contributed by atoms with Crippen molar-refractivity contribution in [3.8, 4) is 27.9 Å². The van der Waals surface area contributed by atoms with Crippen LogP contribution < -0.4 is 4.90 Å². The van der Waals surface area contributed by atoms with Crippen molar-refractivity contribution < 1.29 is 0 Å². The van der Waals surface area contributed by atoms with Gasteiger partial charge in [-0.25, -0.2) is 0 Å². The van der Waals surface area contributed by atoms with Gasteiger partial charge in [-0.1, -0.05) is 158 Å². The normalized spacial score (nSPS) is 11.7. The van der Waals surface area contributed by atoms with Crippen LogP contribution in [-0.2, 0) is 0 Å². The summed E-state index contributed by atoms with van der Waals surface area (Å²) in [6, 6.07) is 79.9. The summed E-state index contributed by atoms with van der Waals surface area (Å²) in [5.41, 5.74) is 11.8. The Labute approximate surface area is 346 Å². The van der Waals surface area contributed by atoms with Gasteiger partial charge in [-0.3, -0.25) is 0 Å². The van der Waals surface area contributed by atoms with Crippen LogP contribution in [0.2, 0.25) is 0 Å². The maximum atomic E-state index is 2.43. The van der Waals surface area contributed by atoms with E-state index in [2.05, 4.69) is 228 Å². The molecule has 2 heterocycles. The molecule has 0 aliphatic heterocycles. The van der Waals surface area contributed by atoms with Crippen LogP contribution in [0.5, 0.6) is 0 Å². The number of fused-ring (bicyclic) bond motifs is 9. The Balaban J connectivity index is 0.983. The van der Waals surface area contributed by atoms with Gasteiger partial charge in [0, 0.05) is 43.3 Å². The molecule has 0 aliphatic carbocycles. The van der Waals surface area contributed by atoms with Crippen LogP contribution in [0.25, 0.3) is 91.5 Å². The van der Waals surface area contributed by atoms with Gasteiger partial charge in [0.2, 0.25) is 0 Å². The number of benzene rings is 10. The van der Waals surface area contributed by atoms with E-state index in [0.717, 1.165) is 17.1 Å². The third-order valence-electron chi connectivity index (χ3n) is 12.0. The fraction of sp³-hybridized carbons (Fsp3) is 0. The Bertz CT molecular complexity index is 3500. The molecule has 0 radical (unpaired) electrons. The Kier molecular flexibility index (Phi) is 7.75. The zero-order valence-corrected chi connectivity index (χ0v) is 32.9. The highest BCUT2D eigenvalue weighted by molar-refractivity contribution is 7.27. The number of anilines is 3. The molecule has 2 aromatic heterocycles. The van der Waals surface area contributed by atoms with E-state index < -0.39 is 0 Å². The molecule has 0 unspecified atom stereocenters. The van der Waals surface area contributed by atoms with Gasteiger partial charge in [-0.15, -0.1) is 11.3 Å². The first-order chi connectivity index (χ1) is 29.2. The fourth-order valence-corrected chi connectivity index (χ4v) is 10.5. The molecule has 0 atom stereocenters. The predicted octanol–water partition coefficient (Wildman–Crippen LogP) is 16.3. The summed E-state index contributed by atoms with van der Waals surface area (Å²) < 4.78 is 5.00. The molecule has 2 nitrogen and oxygen atoms in total. The lowest BCUT2D eigenvalue weighted by molar-refractivity contribution is 1.18. The van der Waals surface area contributed by atoms with Crippen LogP contribution in [-0.4, -0.2) is 4.57 Å². The molecule has 10 aromatic carbocycles. The summed E-state index contributed by atoms with van der Waals surface area (Å²) in [6.45, 7) is 0. The van der Waals surface area contributed by atoms with Crippen molar-refractivity contribution in [2.24, 2.45) is 0 Å². The lowest BCUT2D eigenvalue weighted by atomic mass is 10.0. The molecule has 3 heteroatoms. The van der Waals surface area contributed by atoms with E-state index in [0.29, 0.717) is 0 Å². The summed E-state index contributed by atoms with van der Waals surface area (Å²) in [4.78, 5) is 2.43. The molecule has 0 spiro atoms. The zero-order chi connectivity index (χ0) is 38.9. The second-order valence-electron chi connectivity index (χ2n) is 15.3. The van der Waals surface area contributed by atoms with Crippen LogP contribution in [0.15, 0.2) is 218 Å². The number of rotatable bonds is 6. The van der Waals surface area contributed by atoms with E-state index in [1.54, 1.807) is 0 Å². The van der Waals surface area contributed by atoms with Crippen molar-refractivity contribution in [3.63, 3.8) is 0 Å². The smallest absolute Gasteiger partial charge is 0.0640 e. The van der Waals surface area contributed by atoms with Gasteiger partial charge in [-0.2, -0.15) is 0 Å². The standard InChI is InChI=1S/C56H36N2S/c1-2-13-41-35-43(24-23-37(41)11-1)39-27-32-45(33-28-39)57(54-22-10-19-50-51-34-29-40-12-3-4-16-47(40)55(51)59-56(50)54)44-30-25-38(26-31-44)42-14-9-15-46(36-42)58-52-20-7-5-17-48(52)49-18-6-8-21-53(49)58/h1-36H. The van der Waals surface area contributed by atoms with Gasteiger partial charge in [0.05, 0.1) is 21.4 Å². The molecule has 0 aliphatic rings. The van der Waals surface area contributed by atoms with Crippen LogP contribution in [0.4, 0.5) is 17.1 Å². The lowest BCUT2D eigenvalue weighted by Crippen LogP contribution is -2.10. The average molecular weight is 769 g/mol. The SMILES string of the molecule is c1cc(-c2ccc(N(c3ccc(-c4ccc5ccccc5c4)cc3)c3cccc4c3sc3c5ccccc5ccc43)cc2)cc(-n2c3ccccc3c3ccccc32)c1. The molecular weight excluding hydrogens is 733 g/mol. The lowest BCUT2D eigenvalue weighted by Gasteiger charge is -2.26. The van der Waals surface area contributed by atoms with Crippen molar-refractivity contribution in [2.45, 2.75) is 0 Å². The van der Waals surface area contributed by atoms with Crippen molar-refractivity contribution in [1.29, 1.82) is 0 Å². The highest BCUT2D eigenvalue weighted by Crippen LogP contribution is 2.47. The summed E-state index contributed by atoms with van der Waals surface area (Å²) in [7, 11) is 0. The largest absolute Gasteiger partial charge is 0.309 e. The van der Waals surface area contributed by atoms with Gasteiger partial charge in [0.25, 0.3) is 0 Å². The van der Waals surface area contributed by atoms with Gasteiger partial charge in [-0.05, 0) is 104 Å². The first kappa shape index (κ1) is 33.7. The van der Waals surface area contributed by atoms with Crippen LogP contribution >= 0.6 is 11.3 Å². The van der Waals surface area contributed by atoms with Gasteiger partial charge in [0.15, 0.2) is 0 Å². The Morgan fingerprint density at radius 2 is 0.847 bits per heavy atom. The third-order valence-corrected chi connectivity index (χ3v) is 13.2. The summed E-state index contributed by atoms with van der Waals surface area (Å²) >= 11 is 1.89. The summed E-state index contributed by atoms with van der Waals surface area (Å²) in [5.74, 6) is 0. The molecule has 0 N–H and O–H groups in total. The summed E-state index contributed by atoms with van der Waals surface area (Å²) in [6.07, 6.45) is 0. The van der Waals surface area contributed by atoms with Crippen LogP contribution in [0, 0.1) is 0 Å². The van der Waals surface area contributed by atoms with E-state index >= 15 is 0 Å².